The van der Waals surface area contributed by atoms with Gasteiger partial charge in [0.1, 0.15) is 6.29 Å². The fourth-order valence-electron chi connectivity index (χ4n) is 2.58. The van der Waals surface area contributed by atoms with Crippen molar-refractivity contribution >= 4 is 18.1 Å². The first-order valence-electron chi connectivity index (χ1n) is 10.4. The Hall–Kier alpha value is -1.94. The quantitative estimate of drug-likeness (QED) is 0.183. The summed E-state index contributed by atoms with van der Waals surface area (Å²) in [6.07, 6.45) is 16.8. The molecular weight excluding hydrogens is 471 g/mol. The van der Waals surface area contributed by atoms with E-state index in [1.165, 1.54) is 11.1 Å². The van der Waals surface area contributed by atoms with Crippen LogP contribution in [0.4, 0.5) is 0 Å². The minimum absolute atomic E-state index is 0. The number of hydrogen-bond acceptors (Lipinski definition) is 3. The number of benzene rings is 1. The fraction of sp³-hybridized carbons (Fsp3) is 0.286. The summed E-state index contributed by atoms with van der Waals surface area (Å²) in [4.78, 5) is 22.9. The van der Waals surface area contributed by atoms with E-state index in [0.29, 0.717) is 11.8 Å². The monoisotopic (exact) mass is 508 g/mol. The Kier molecular flexibility index (Phi) is 25.7. The van der Waals surface area contributed by atoms with Crippen LogP contribution in [0.1, 0.15) is 50.0 Å². The Labute approximate surface area is 221 Å². The zero-order valence-corrected chi connectivity index (χ0v) is 23.3. The largest absolute Gasteiger partial charge is 0.521 e. The molecule has 171 valence electrons. The molecule has 0 fully saturated rings. The van der Waals surface area contributed by atoms with E-state index in [0.717, 1.165) is 30.4 Å². The zero-order valence-electron chi connectivity index (χ0n) is 20.5. The molecule has 1 aromatic rings. The van der Waals surface area contributed by atoms with Crippen LogP contribution in [0.5, 0.6) is 0 Å². The van der Waals surface area contributed by atoms with Gasteiger partial charge in [-0.05, 0) is 39.1 Å². The number of likely N-dealkylation sites (N-methyl/N-ethyl adjacent to an activating group) is 1. The Morgan fingerprint density at radius 3 is 2.12 bits per heavy atom. The molecule has 0 amide bonds. The van der Waals surface area contributed by atoms with E-state index >= 15 is 0 Å². The van der Waals surface area contributed by atoms with Gasteiger partial charge in [0, 0.05) is 44.8 Å². The standard InChI is InChI=1S/C15H11O2.C9H17N.C2H6.C2H3.Y/c16-9-1-2-12-3-8-15(10-12)14-6-4-13(11-17)5-7-14;1-5-7-9(6-2)8-10(3)4;2*1-2;/h2-9,11H,10H2;5-7H,8H2,1-4H3;1-2H3;1H,2H2;/q-1;;;-1;/b;7-5-,9-6+;;;. The van der Waals surface area contributed by atoms with Gasteiger partial charge in [-0.15, -0.1) is 6.08 Å². The minimum Gasteiger partial charge on any atom is -0.521 e. The molecule has 4 heteroatoms. The maximum atomic E-state index is 10.5. The van der Waals surface area contributed by atoms with Gasteiger partial charge in [0.25, 0.3) is 0 Å². The molecule has 0 aliphatic heterocycles. The van der Waals surface area contributed by atoms with Gasteiger partial charge in [-0.1, -0.05) is 74.4 Å². The second-order valence-electron chi connectivity index (χ2n) is 6.38. The average molecular weight is 509 g/mol. The van der Waals surface area contributed by atoms with E-state index in [1.807, 2.05) is 45.1 Å². The first kappa shape index (κ1) is 34.7. The number of nitrogens with zero attached hydrogens (tertiary/aromatic N) is 1. The topological polar surface area (TPSA) is 37.4 Å². The third-order valence-corrected chi connectivity index (χ3v) is 3.90. The molecule has 3 nitrogen and oxygen atoms in total. The molecule has 0 spiro atoms. The summed E-state index contributed by atoms with van der Waals surface area (Å²) < 4.78 is 0. The van der Waals surface area contributed by atoms with Crippen LogP contribution in [0.2, 0.25) is 0 Å². The molecule has 0 aromatic heterocycles. The van der Waals surface area contributed by atoms with Gasteiger partial charge >= 0.3 is 0 Å². The average Bonchev–Trinajstić information content (AvgIpc) is 3.29. The summed E-state index contributed by atoms with van der Waals surface area (Å²) in [6, 6.07) is 7.46. The summed E-state index contributed by atoms with van der Waals surface area (Å²) in [5.41, 5.74) is 5.39. The summed E-state index contributed by atoms with van der Waals surface area (Å²) in [5, 5.41) is 0. The van der Waals surface area contributed by atoms with Gasteiger partial charge in [-0.25, -0.2) is 12.2 Å². The van der Waals surface area contributed by atoms with Crippen LogP contribution in [0, 0.1) is 12.7 Å². The SMILES string of the molecule is C/C=C\C(=C/C)CN(C)C.CC.O=C[C-]=CC1=CC=C(c2ccc(C=O)cc2)C1.[CH-]=C.[Y]. The number of hydrogen-bond donors (Lipinski definition) is 0. The van der Waals surface area contributed by atoms with Gasteiger partial charge in [0.15, 0.2) is 0 Å². The maximum Gasteiger partial charge on any atom is 0.150 e. The van der Waals surface area contributed by atoms with E-state index < -0.39 is 0 Å². The minimum atomic E-state index is 0. The molecular formula is C28H37NO2Y-2. The maximum absolute atomic E-state index is 10.5. The summed E-state index contributed by atoms with van der Waals surface area (Å²) in [5.74, 6) is 0. The Morgan fingerprint density at radius 2 is 1.69 bits per heavy atom. The molecule has 1 aromatic carbocycles. The molecule has 0 unspecified atom stereocenters. The molecule has 1 aliphatic rings. The van der Waals surface area contributed by atoms with Crippen LogP contribution in [0.25, 0.3) is 5.57 Å². The summed E-state index contributed by atoms with van der Waals surface area (Å²) in [7, 11) is 4.15. The molecule has 0 atom stereocenters. The van der Waals surface area contributed by atoms with Crippen molar-refractivity contribution in [3.05, 3.63) is 102 Å². The second kappa shape index (κ2) is 23.7. The van der Waals surface area contributed by atoms with Crippen molar-refractivity contribution in [1.29, 1.82) is 0 Å². The van der Waals surface area contributed by atoms with Crippen LogP contribution in [-0.4, -0.2) is 38.1 Å². The molecule has 0 saturated carbocycles. The molecule has 1 aliphatic carbocycles. The predicted octanol–water partition coefficient (Wildman–Crippen LogP) is 6.47. The van der Waals surface area contributed by atoms with Crippen molar-refractivity contribution < 1.29 is 42.3 Å². The van der Waals surface area contributed by atoms with Gasteiger partial charge in [-0.3, -0.25) is 11.4 Å². The summed E-state index contributed by atoms with van der Waals surface area (Å²) in [6.45, 7) is 16.1. The van der Waals surface area contributed by atoms with Crippen molar-refractivity contribution in [3.63, 3.8) is 0 Å². The van der Waals surface area contributed by atoms with Crippen molar-refractivity contribution in [2.75, 3.05) is 20.6 Å². The number of aldehydes is 2. The number of rotatable bonds is 7. The second-order valence-corrected chi connectivity index (χ2v) is 6.38. The normalized spacial score (nSPS) is 12.3. The Morgan fingerprint density at radius 1 is 1.09 bits per heavy atom. The summed E-state index contributed by atoms with van der Waals surface area (Å²) >= 11 is 0. The van der Waals surface area contributed by atoms with Crippen LogP contribution in [0.15, 0.2) is 78.4 Å². The Balaban J connectivity index is -0.000000486. The molecule has 32 heavy (non-hydrogen) atoms. The smallest absolute Gasteiger partial charge is 0.150 e. The predicted molar refractivity (Wildman–Crippen MR) is 135 cm³/mol. The number of carbonyl (C=O) groups excluding carboxylic acids is 2. The van der Waals surface area contributed by atoms with Gasteiger partial charge in [0.2, 0.25) is 0 Å². The van der Waals surface area contributed by atoms with Gasteiger partial charge < -0.3 is 16.3 Å². The number of allylic oxidation sites excluding steroid dienone is 8. The van der Waals surface area contributed by atoms with Crippen LogP contribution in [-0.2, 0) is 37.5 Å². The van der Waals surface area contributed by atoms with Gasteiger partial charge in [0.05, 0.1) is 6.29 Å². The fourth-order valence-corrected chi connectivity index (χ4v) is 2.58. The van der Waals surface area contributed by atoms with Crippen molar-refractivity contribution in [3.8, 4) is 0 Å². The molecule has 0 bridgehead atoms. The van der Waals surface area contributed by atoms with Crippen LogP contribution < -0.4 is 0 Å². The Bertz CT molecular complexity index is 782. The van der Waals surface area contributed by atoms with Crippen molar-refractivity contribution in [2.24, 2.45) is 0 Å². The molecule has 0 saturated heterocycles. The van der Waals surface area contributed by atoms with E-state index in [2.05, 4.69) is 63.4 Å². The first-order valence-corrected chi connectivity index (χ1v) is 10.4. The third-order valence-electron chi connectivity index (χ3n) is 3.90. The zero-order chi connectivity index (χ0) is 24.1. The molecule has 2 rings (SSSR count). The molecule has 0 heterocycles. The van der Waals surface area contributed by atoms with E-state index in [1.54, 1.807) is 18.2 Å². The first-order chi connectivity index (χ1) is 15.0. The van der Waals surface area contributed by atoms with E-state index in [4.69, 9.17) is 0 Å². The molecule has 0 N–H and O–H groups in total. The van der Waals surface area contributed by atoms with Crippen LogP contribution in [0.3, 0.4) is 0 Å². The number of carbonyl (C=O) groups is 2. The van der Waals surface area contributed by atoms with Crippen LogP contribution >= 0.6 is 0 Å². The van der Waals surface area contributed by atoms with Gasteiger partial charge in [-0.2, -0.15) is 5.57 Å². The van der Waals surface area contributed by atoms with E-state index in [-0.39, 0.29) is 32.7 Å². The molecule has 1 radical (unpaired) electrons. The van der Waals surface area contributed by atoms with Crippen molar-refractivity contribution in [1.82, 2.24) is 4.90 Å². The van der Waals surface area contributed by atoms with E-state index in [9.17, 15) is 9.59 Å². The van der Waals surface area contributed by atoms with Crippen molar-refractivity contribution in [2.45, 2.75) is 34.1 Å². The third kappa shape index (κ3) is 15.8.